The van der Waals surface area contributed by atoms with Gasteiger partial charge in [-0.05, 0) is 48.9 Å². The normalized spacial score (nSPS) is 11.0. The quantitative estimate of drug-likeness (QED) is 0.555. The number of aromatic nitrogens is 1. The van der Waals surface area contributed by atoms with E-state index in [-0.39, 0.29) is 12.5 Å². The Kier molecular flexibility index (Phi) is 7.19. The predicted octanol–water partition coefficient (Wildman–Crippen LogP) is 4.00. The van der Waals surface area contributed by atoms with E-state index in [1.54, 1.807) is 0 Å². The van der Waals surface area contributed by atoms with Crippen molar-refractivity contribution in [3.8, 4) is 17.2 Å². The summed E-state index contributed by atoms with van der Waals surface area (Å²) in [5.74, 6) is 1.84. The van der Waals surface area contributed by atoms with Gasteiger partial charge in [0.15, 0.2) is 0 Å². The number of carbonyl (C=O) groups is 1. The van der Waals surface area contributed by atoms with Crippen LogP contribution in [0, 0.1) is 6.92 Å². The molecule has 2 aromatic carbocycles. The topological polar surface area (TPSA) is 73.6 Å². The minimum atomic E-state index is -0.291. The van der Waals surface area contributed by atoms with E-state index in [9.17, 15) is 4.79 Å². The van der Waals surface area contributed by atoms with Gasteiger partial charge in [-0.15, -0.1) is 0 Å². The van der Waals surface area contributed by atoms with Gasteiger partial charge in [-0.2, -0.15) is 0 Å². The van der Waals surface area contributed by atoms with Crippen LogP contribution in [0.5, 0.6) is 5.75 Å². The maximum atomic E-state index is 11.1. The Morgan fingerprint density at radius 1 is 1.17 bits per heavy atom. The Hall–Kier alpha value is -3.38. The number of hydrogen-bond acceptors (Lipinski definition) is 6. The van der Waals surface area contributed by atoms with Gasteiger partial charge in [0, 0.05) is 12.1 Å². The monoisotopic (exact) mass is 392 g/mol. The van der Waals surface area contributed by atoms with E-state index in [0.29, 0.717) is 19.0 Å². The van der Waals surface area contributed by atoms with Gasteiger partial charge in [-0.1, -0.05) is 30.3 Å². The molecule has 0 saturated heterocycles. The minimum absolute atomic E-state index is 0.173. The fourth-order valence-electron chi connectivity index (χ4n) is 2.70. The molecule has 0 bridgehead atoms. The van der Waals surface area contributed by atoms with Crippen molar-refractivity contribution >= 4 is 12.0 Å². The van der Waals surface area contributed by atoms with E-state index in [0.717, 1.165) is 28.3 Å². The number of methoxy groups -OCH3 is 1. The first kappa shape index (κ1) is 20.4. The van der Waals surface area contributed by atoms with Crippen molar-refractivity contribution in [1.29, 1.82) is 0 Å². The molecular weight excluding hydrogens is 368 g/mol. The summed E-state index contributed by atoms with van der Waals surface area (Å²) in [6, 6.07) is 17.5. The lowest BCUT2D eigenvalue weighted by molar-refractivity contribution is -0.139. The lowest BCUT2D eigenvalue weighted by atomic mass is 10.2. The van der Waals surface area contributed by atoms with E-state index in [1.807, 2.05) is 73.7 Å². The van der Waals surface area contributed by atoms with Crippen molar-refractivity contribution in [3.05, 3.63) is 77.7 Å². The highest BCUT2D eigenvalue weighted by Gasteiger charge is 2.08. The zero-order chi connectivity index (χ0) is 20.5. The summed E-state index contributed by atoms with van der Waals surface area (Å²) >= 11 is 0. The van der Waals surface area contributed by atoms with E-state index < -0.39 is 0 Å². The van der Waals surface area contributed by atoms with Crippen LogP contribution in [0.25, 0.3) is 17.5 Å². The summed E-state index contributed by atoms with van der Waals surface area (Å²) < 4.78 is 16.1. The Bertz CT molecular complexity index is 964. The molecule has 1 heterocycles. The summed E-state index contributed by atoms with van der Waals surface area (Å²) in [5, 5.41) is 3.03. The van der Waals surface area contributed by atoms with E-state index in [4.69, 9.17) is 9.15 Å². The van der Waals surface area contributed by atoms with Gasteiger partial charge in [-0.3, -0.25) is 4.79 Å². The number of nitrogens with one attached hydrogen (secondary N) is 1. The van der Waals surface area contributed by atoms with E-state index in [2.05, 4.69) is 15.0 Å². The van der Waals surface area contributed by atoms with Gasteiger partial charge in [0.05, 0.1) is 13.7 Å². The molecule has 6 heteroatoms. The zero-order valence-electron chi connectivity index (χ0n) is 16.6. The van der Waals surface area contributed by atoms with Gasteiger partial charge in [0.25, 0.3) is 0 Å². The van der Waals surface area contributed by atoms with E-state index >= 15 is 0 Å². The van der Waals surface area contributed by atoms with Crippen molar-refractivity contribution < 1.29 is 18.7 Å². The highest BCUT2D eigenvalue weighted by atomic mass is 16.5. The summed E-state index contributed by atoms with van der Waals surface area (Å²) in [6.45, 7) is 3.03. The summed E-state index contributed by atoms with van der Waals surface area (Å²) in [4.78, 5) is 15.7. The number of ether oxygens (including phenoxy) is 2. The standard InChI is InChI=1S/C23H24N2O4/c1-17-21(25-23(29-17)19-9-4-3-5-10-19)12-7-13-28-20-11-6-8-18(14-20)15-24-16-22(26)27-2/h3-12,14,24H,13,15-16H2,1-2H3/b12-7+. The molecule has 0 aliphatic rings. The number of hydrogen-bond donors (Lipinski definition) is 1. The molecule has 0 atom stereocenters. The minimum Gasteiger partial charge on any atom is -0.490 e. The molecule has 3 rings (SSSR count). The van der Waals surface area contributed by atoms with Crippen LogP contribution in [0.3, 0.4) is 0 Å². The largest absolute Gasteiger partial charge is 0.490 e. The Morgan fingerprint density at radius 2 is 2.00 bits per heavy atom. The Balaban J connectivity index is 1.52. The summed E-state index contributed by atoms with van der Waals surface area (Å²) in [7, 11) is 1.37. The molecule has 0 saturated carbocycles. The number of carbonyl (C=O) groups excluding carboxylic acids is 1. The fraction of sp³-hybridized carbons (Fsp3) is 0.217. The average Bonchev–Trinajstić information content (AvgIpc) is 3.12. The second-order valence-corrected chi connectivity index (χ2v) is 6.37. The molecule has 3 aromatic rings. The lowest BCUT2D eigenvalue weighted by Gasteiger charge is -2.07. The van der Waals surface area contributed by atoms with Crippen LogP contribution in [-0.2, 0) is 16.1 Å². The molecule has 29 heavy (non-hydrogen) atoms. The highest BCUT2D eigenvalue weighted by molar-refractivity contribution is 5.71. The second kappa shape index (κ2) is 10.2. The van der Waals surface area contributed by atoms with Crippen LogP contribution in [0.1, 0.15) is 17.0 Å². The molecule has 0 spiro atoms. The number of esters is 1. The van der Waals surface area contributed by atoms with E-state index in [1.165, 1.54) is 7.11 Å². The molecule has 6 nitrogen and oxygen atoms in total. The third kappa shape index (κ3) is 6.05. The first-order valence-corrected chi connectivity index (χ1v) is 9.34. The van der Waals surface area contributed by atoms with Crippen molar-refractivity contribution in [2.45, 2.75) is 13.5 Å². The van der Waals surface area contributed by atoms with Crippen molar-refractivity contribution in [3.63, 3.8) is 0 Å². The van der Waals surface area contributed by atoms with Crippen LogP contribution >= 0.6 is 0 Å². The van der Waals surface area contributed by atoms with Gasteiger partial charge in [0.2, 0.25) is 5.89 Å². The summed E-state index contributed by atoms with van der Waals surface area (Å²) in [5.41, 5.74) is 2.76. The molecular formula is C23H24N2O4. The number of rotatable bonds is 9. The van der Waals surface area contributed by atoms with Crippen LogP contribution in [-0.4, -0.2) is 31.2 Å². The van der Waals surface area contributed by atoms with Crippen LogP contribution < -0.4 is 10.1 Å². The number of nitrogens with zero attached hydrogens (tertiary/aromatic N) is 1. The molecule has 0 radical (unpaired) electrons. The summed E-state index contributed by atoms with van der Waals surface area (Å²) in [6.07, 6.45) is 3.80. The average molecular weight is 392 g/mol. The highest BCUT2D eigenvalue weighted by Crippen LogP contribution is 2.22. The van der Waals surface area contributed by atoms with Crippen molar-refractivity contribution in [1.82, 2.24) is 10.3 Å². The SMILES string of the molecule is COC(=O)CNCc1cccc(OC/C=C/c2nc(-c3ccccc3)oc2C)c1. The van der Waals surface area contributed by atoms with Crippen LogP contribution in [0.2, 0.25) is 0 Å². The lowest BCUT2D eigenvalue weighted by Crippen LogP contribution is -2.23. The molecule has 150 valence electrons. The van der Waals surface area contributed by atoms with Crippen molar-refractivity contribution in [2.24, 2.45) is 0 Å². The molecule has 0 fully saturated rings. The number of aryl methyl sites for hydroxylation is 1. The first-order chi connectivity index (χ1) is 14.2. The van der Waals surface area contributed by atoms with Gasteiger partial charge in [0.1, 0.15) is 23.8 Å². The van der Waals surface area contributed by atoms with Crippen LogP contribution in [0.15, 0.2) is 65.1 Å². The van der Waals surface area contributed by atoms with Gasteiger partial charge < -0.3 is 19.2 Å². The van der Waals surface area contributed by atoms with Gasteiger partial charge in [-0.25, -0.2) is 4.98 Å². The fourth-order valence-corrected chi connectivity index (χ4v) is 2.70. The Morgan fingerprint density at radius 3 is 2.79 bits per heavy atom. The first-order valence-electron chi connectivity index (χ1n) is 9.34. The number of oxazole rings is 1. The molecule has 0 amide bonds. The zero-order valence-corrected chi connectivity index (χ0v) is 16.6. The third-order valence-corrected chi connectivity index (χ3v) is 4.20. The molecule has 1 N–H and O–H groups in total. The predicted molar refractivity (Wildman–Crippen MR) is 111 cm³/mol. The van der Waals surface area contributed by atoms with Crippen molar-refractivity contribution in [2.75, 3.05) is 20.3 Å². The maximum absolute atomic E-state index is 11.1. The Labute approximate surface area is 170 Å². The smallest absolute Gasteiger partial charge is 0.319 e. The molecule has 0 aliphatic heterocycles. The second-order valence-electron chi connectivity index (χ2n) is 6.37. The van der Waals surface area contributed by atoms with Crippen LogP contribution in [0.4, 0.5) is 0 Å². The maximum Gasteiger partial charge on any atom is 0.319 e. The number of benzene rings is 2. The van der Waals surface area contributed by atoms with Gasteiger partial charge >= 0.3 is 5.97 Å². The molecule has 0 unspecified atom stereocenters. The molecule has 0 aliphatic carbocycles. The third-order valence-electron chi connectivity index (χ3n) is 4.20. The molecule has 1 aromatic heterocycles.